The fourth-order valence-electron chi connectivity index (χ4n) is 5.35. The molecule has 9 nitrogen and oxygen atoms in total. The topological polar surface area (TPSA) is 96.6 Å². The highest BCUT2D eigenvalue weighted by atomic mass is 16.5. The molecule has 2 aromatic heterocycles. The van der Waals surface area contributed by atoms with Gasteiger partial charge in [-0.25, -0.2) is 4.98 Å². The van der Waals surface area contributed by atoms with Gasteiger partial charge in [0.05, 0.1) is 37.1 Å². The summed E-state index contributed by atoms with van der Waals surface area (Å²) in [6.07, 6.45) is 4.50. The van der Waals surface area contributed by atoms with E-state index < -0.39 is 17.7 Å². The average molecular weight is 533 g/mol. The number of likely N-dealkylation sites (tertiary alicyclic amines) is 1. The fraction of sp³-hybridized carbons (Fsp3) is 0.433. The summed E-state index contributed by atoms with van der Waals surface area (Å²) < 4.78 is 13.0. The van der Waals surface area contributed by atoms with E-state index in [9.17, 15) is 14.7 Å². The molecule has 206 valence electrons. The van der Waals surface area contributed by atoms with Crippen LogP contribution in [0.1, 0.15) is 49.2 Å². The predicted octanol–water partition coefficient (Wildman–Crippen LogP) is 3.97. The summed E-state index contributed by atoms with van der Waals surface area (Å²) in [5.41, 5.74) is 2.48. The van der Waals surface area contributed by atoms with Crippen molar-refractivity contribution in [1.29, 1.82) is 0 Å². The normalized spacial score (nSPS) is 19.7. The quantitative estimate of drug-likeness (QED) is 0.183. The molecule has 0 aliphatic carbocycles. The Morgan fingerprint density at radius 2 is 1.85 bits per heavy atom. The van der Waals surface area contributed by atoms with Crippen LogP contribution in [-0.2, 0) is 14.3 Å². The molecule has 5 rings (SSSR count). The molecule has 9 heteroatoms. The SMILES string of the molecule is CCCCOc1ccc(C2/C(=C(\O)c3c(C)nc4ccccn34)C(=O)C(=O)N2CCCN2CCOCC2)cc1. The number of aromatic nitrogens is 2. The molecule has 0 radical (unpaired) electrons. The molecule has 0 bridgehead atoms. The van der Waals surface area contributed by atoms with Gasteiger partial charge in [-0.1, -0.05) is 31.5 Å². The fourth-order valence-corrected chi connectivity index (χ4v) is 5.35. The average Bonchev–Trinajstić information content (AvgIpc) is 3.42. The lowest BCUT2D eigenvalue weighted by molar-refractivity contribution is -0.140. The number of morpholine rings is 1. The maximum Gasteiger partial charge on any atom is 0.295 e. The van der Waals surface area contributed by atoms with Gasteiger partial charge in [-0.2, -0.15) is 0 Å². The van der Waals surface area contributed by atoms with E-state index in [1.807, 2.05) is 42.5 Å². The number of ether oxygens (including phenoxy) is 2. The summed E-state index contributed by atoms with van der Waals surface area (Å²) >= 11 is 0. The van der Waals surface area contributed by atoms with E-state index in [0.717, 1.165) is 43.8 Å². The maximum absolute atomic E-state index is 13.5. The summed E-state index contributed by atoms with van der Waals surface area (Å²) in [5, 5.41) is 11.6. The van der Waals surface area contributed by atoms with Crippen LogP contribution in [0.2, 0.25) is 0 Å². The van der Waals surface area contributed by atoms with Crippen molar-refractivity contribution in [3.05, 3.63) is 71.2 Å². The first kappa shape index (κ1) is 26.9. The zero-order valence-corrected chi connectivity index (χ0v) is 22.6. The van der Waals surface area contributed by atoms with Crippen LogP contribution >= 0.6 is 0 Å². The van der Waals surface area contributed by atoms with Crippen molar-refractivity contribution in [1.82, 2.24) is 19.2 Å². The van der Waals surface area contributed by atoms with Crippen LogP contribution < -0.4 is 4.74 Å². The van der Waals surface area contributed by atoms with Gasteiger partial charge in [-0.15, -0.1) is 0 Å². The molecule has 0 spiro atoms. The van der Waals surface area contributed by atoms with Crippen molar-refractivity contribution in [2.45, 2.75) is 39.2 Å². The number of fused-ring (bicyclic) bond motifs is 1. The van der Waals surface area contributed by atoms with Gasteiger partial charge in [0.25, 0.3) is 11.7 Å². The number of aliphatic hydroxyl groups excluding tert-OH is 1. The number of rotatable bonds is 10. The predicted molar refractivity (Wildman–Crippen MR) is 148 cm³/mol. The third kappa shape index (κ3) is 5.55. The van der Waals surface area contributed by atoms with Crippen molar-refractivity contribution in [2.75, 3.05) is 46.0 Å². The standard InChI is InChI=1S/C30H36N4O5/c1-3-4-18-39-23-11-9-22(10-12-23)27-25(28(35)26-21(2)31-24-8-5-6-14-33(24)26)29(36)30(37)34(27)15-7-13-32-16-19-38-20-17-32/h5-6,8-12,14,27,35H,3-4,7,13,15-20H2,1-2H3/b28-25+. The molecule has 1 unspecified atom stereocenters. The molecule has 2 saturated heterocycles. The van der Waals surface area contributed by atoms with Gasteiger partial charge >= 0.3 is 0 Å². The number of aryl methyl sites for hydroxylation is 1. The first-order valence-electron chi connectivity index (χ1n) is 13.7. The third-order valence-corrected chi connectivity index (χ3v) is 7.41. The Balaban J connectivity index is 1.50. The monoisotopic (exact) mass is 532 g/mol. The number of benzene rings is 1. The Kier molecular flexibility index (Phi) is 8.28. The summed E-state index contributed by atoms with van der Waals surface area (Å²) in [7, 11) is 0. The first-order valence-corrected chi connectivity index (χ1v) is 13.7. The van der Waals surface area contributed by atoms with E-state index in [1.165, 1.54) is 0 Å². The third-order valence-electron chi connectivity index (χ3n) is 7.41. The zero-order valence-electron chi connectivity index (χ0n) is 22.6. The lowest BCUT2D eigenvalue weighted by Crippen LogP contribution is -2.38. The molecular weight excluding hydrogens is 496 g/mol. The van der Waals surface area contributed by atoms with Crippen molar-refractivity contribution < 1.29 is 24.2 Å². The molecule has 4 heterocycles. The van der Waals surface area contributed by atoms with Crippen LogP contribution in [0, 0.1) is 6.92 Å². The van der Waals surface area contributed by atoms with Crippen molar-refractivity contribution >= 4 is 23.1 Å². The number of amides is 1. The van der Waals surface area contributed by atoms with Crippen LogP contribution in [0.25, 0.3) is 11.4 Å². The van der Waals surface area contributed by atoms with Gasteiger partial charge in [-0.05, 0) is 49.6 Å². The molecule has 2 aliphatic rings. The van der Waals surface area contributed by atoms with Gasteiger partial charge in [0.15, 0.2) is 5.76 Å². The number of carbonyl (C=O) groups is 2. The van der Waals surface area contributed by atoms with Gasteiger partial charge in [0, 0.05) is 32.4 Å². The van der Waals surface area contributed by atoms with Crippen LogP contribution in [0.4, 0.5) is 0 Å². The highest BCUT2D eigenvalue weighted by molar-refractivity contribution is 6.46. The molecule has 2 fully saturated rings. The number of Topliss-reactive ketones (excluding diaryl/α,β-unsaturated/α-hetero) is 1. The molecule has 39 heavy (non-hydrogen) atoms. The van der Waals surface area contributed by atoms with E-state index in [4.69, 9.17) is 9.47 Å². The first-order chi connectivity index (χ1) is 19.0. The van der Waals surface area contributed by atoms with Gasteiger partial charge in [-0.3, -0.25) is 18.9 Å². The minimum Gasteiger partial charge on any atom is -0.505 e. The molecule has 2 aliphatic heterocycles. The van der Waals surface area contributed by atoms with Gasteiger partial charge in [0.1, 0.15) is 17.1 Å². The van der Waals surface area contributed by atoms with Crippen LogP contribution in [0.5, 0.6) is 5.75 Å². The highest BCUT2D eigenvalue weighted by Gasteiger charge is 2.46. The second-order valence-corrected chi connectivity index (χ2v) is 10.0. The lowest BCUT2D eigenvalue weighted by atomic mass is 9.96. The minimum absolute atomic E-state index is 0.0831. The Morgan fingerprint density at radius 1 is 1.08 bits per heavy atom. The van der Waals surface area contributed by atoms with E-state index in [0.29, 0.717) is 49.8 Å². The van der Waals surface area contributed by atoms with Crippen molar-refractivity contribution in [3.63, 3.8) is 0 Å². The molecular formula is C30H36N4O5. The minimum atomic E-state index is -0.715. The van der Waals surface area contributed by atoms with Gasteiger partial charge < -0.3 is 19.5 Å². The number of carbonyl (C=O) groups excluding carboxylic acids is 2. The van der Waals surface area contributed by atoms with E-state index in [-0.39, 0.29) is 11.3 Å². The van der Waals surface area contributed by atoms with Crippen LogP contribution in [0.15, 0.2) is 54.2 Å². The van der Waals surface area contributed by atoms with Crippen LogP contribution in [-0.4, -0.2) is 82.0 Å². The molecule has 0 saturated carbocycles. The molecule has 1 aromatic carbocycles. The summed E-state index contributed by atoms with van der Waals surface area (Å²) in [6, 6.07) is 12.3. The number of pyridine rings is 1. The number of ketones is 1. The maximum atomic E-state index is 13.5. The van der Waals surface area contributed by atoms with Crippen molar-refractivity contribution in [3.8, 4) is 5.75 Å². The second kappa shape index (κ2) is 12.0. The van der Waals surface area contributed by atoms with Crippen LogP contribution in [0.3, 0.4) is 0 Å². The number of nitrogens with zero attached hydrogens (tertiary/aromatic N) is 4. The van der Waals surface area contributed by atoms with Crippen molar-refractivity contribution in [2.24, 2.45) is 0 Å². The van der Waals surface area contributed by atoms with E-state index in [2.05, 4.69) is 16.8 Å². The largest absolute Gasteiger partial charge is 0.505 e. The molecule has 1 N–H and O–H groups in total. The molecule has 3 aromatic rings. The molecule has 1 amide bonds. The second-order valence-electron chi connectivity index (χ2n) is 10.0. The Labute approximate surface area is 228 Å². The zero-order chi connectivity index (χ0) is 27.4. The Hall–Kier alpha value is -3.69. The molecule has 1 atom stereocenters. The van der Waals surface area contributed by atoms with Gasteiger partial charge in [0.2, 0.25) is 0 Å². The highest BCUT2D eigenvalue weighted by Crippen LogP contribution is 2.40. The number of unbranched alkanes of at least 4 members (excludes halogenated alkanes) is 1. The number of imidazole rings is 1. The smallest absolute Gasteiger partial charge is 0.295 e. The summed E-state index contributed by atoms with van der Waals surface area (Å²) in [6.45, 7) is 8.84. The Bertz CT molecular complexity index is 1360. The number of hydrogen-bond donors (Lipinski definition) is 1. The Morgan fingerprint density at radius 3 is 2.59 bits per heavy atom. The number of hydrogen-bond acceptors (Lipinski definition) is 7. The summed E-state index contributed by atoms with van der Waals surface area (Å²) in [4.78, 5) is 35.3. The van der Waals surface area contributed by atoms with E-state index >= 15 is 0 Å². The summed E-state index contributed by atoms with van der Waals surface area (Å²) in [5.74, 6) is -0.765. The lowest BCUT2D eigenvalue weighted by Gasteiger charge is -2.29. The van der Waals surface area contributed by atoms with E-state index in [1.54, 1.807) is 22.4 Å². The number of aliphatic hydroxyl groups is 1.